The minimum absolute atomic E-state index is 0.00421. The number of ether oxygens (including phenoxy) is 1. The summed E-state index contributed by atoms with van der Waals surface area (Å²) in [6, 6.07) is 9.45. The predicted octanol–water partition coefficient (Wildman–Crippen LogP) is 4.49. The predicted molar refractivity (Wildman–Crippen MR) is 105 cm³/mol. The average Bonchev–Trinajstić information content (AvgIpc) is 2.63. The monoisotopic (exact) mass is 380 g/mol. The van der Waals surface area contributed by atoms with Crippen LogP contribution in [0, 0.1) is 12.7 Å². The van der Waals surface area contributed by atoms with Crippen LogP contribution in [0.4, 0.5) is 4.39 Å². The Morgan fingerprint density at radius 2 is 1.96 bits per heavy atom. The van der Waals surface area contributed by atoms with Crippen LogP contribution in [0.15, 0.2) is 42.6 Å². The van der Waals surface area contributed by atoms with Gasteiger partial charge in [0.2, 0.25) is 5.91 Å². The second-order valence-corrected chi connectivity index (χ2v) is 6.68. The number of halogens is 1. The molecule has 0 spiro atoms. The van der Waals surface area contributed by atoms with Gasteiger partial charge in [-0.1, -0.05) is 13.0 Å². The fourth-order valence-electron chi connectivity index (χ4n) is 3.07. The smallest absolute Gasteiger partial charge is 0.248 e. The van der Waals surface area contributed by atoms with E-state index >= 15 is 0 Å². The van der Waals surface area contributed by atoms with Gasteiger partial charge in [0, 0.05) is 36.1 Å². The van der Waals surface area contributed by atoms with Crippen LogP contribution in [0.2, 0.25) is 0 Å². The lowest BCUT2D eigenvalue weighted by atomic mass is 10.0. The van der Waals surface area contributed by atoms with Gasteiger partial charge in [0.15, 0.2) is 0 Å². The van der Waals surface area contributed by atoms with Crippen LogP contribution >= 0.6 is 0 Å². The summed E-state index contributed by atoms with van der Waals surface area (Å²) in [7, 11) is 0. The number of aromatic nitrogens is 1. The standard InChI is InChI=1S/C22H21FN2O3/c1-3-4-15(26)10-14-5-6-16(11-19(14)23)28-21-7-8-25-20-9-13(2)17(22(24)27)12-18(20)21/h5-9,11-12H,3-4,10H2,1-2H3,(H2,24,27). The number of aryl methyl sites for hydroxylation is 1. The third-order valence-corrected chi connectivity index (χ3v) is 4.48. The van der Waals surface area contributed by atoms with Gasteiger partial charge >= 0.3 is 0 Å². The zero-order valence-corrected chi connectivity index (χ0v) is 15.8. The van der Waals surface area contributed by atoms with Crippen molar-refractivity contribution in [3.05, 3.63) is 65.1 Å². The van der Waals surface area contributed by atoms with Gasteiger partial charge in [-0.2, -0.15) is 0 Å². The molecule has 5 nitrogen and oxygen atoms in total. The molecule has 0 aliphatic rings. The van der Waals surface area contributed by atoms with E-state index in [-0.39, 0.29) is 18.0 Å². The Bertz CT molecular complexity index is 1060. The Hall–Kier alpha value is -3.28. The zero-order valence-electron chi connectivity index (χ0n) is 15.8. The van der Waals surface area contributed by atoms with Gasteiger partial charge in [0.1, 0.15) is 23.1 Å². The van der Waals surface area contributed by atoms with Gasteiger partial charge in [0.05, 0.1) is 5.52 Å². The quantitative estimate of drug-likeness (QED) is 0.655. The highest BCUT2D eigenvalue weighted by atomic mass is 19.1. The van der Waals surface area contributed by atoms with E-state index in [2.05, 4.69) is 4.98 Å². The molecule has 0 fully saturated rings. The van der Waals surface area contributed by atoms with Crippen LogP contribution in [0.25, 0.3) is 10.9 Å². The molecule has 6 heteroatoms. The normalized spacial score (nSPS) is 10.8. The molecule has 0 saturated heterocycles. The van der Waals surface area contributed by atoms with Crippen LogP contribution in [0.3, 0.4) is 0 Å². The number of carbonyl (C=O) groups excluding carboxylic acids is 2. The number of hydrogen-bond donors (Lipinski definition) is 1. The largest absolute Gasteiger partial charge is 0.456 e. The van der Waals surface area contributed by atoms with Crippen molar-refractivity contribution in [2.75, 3.05) is 0 Å². The molecule has 0 radical (unpaired) electrons. The van der Waals surface area contributed by atoms with E-state index in [1.165, 1.54) is 6.07 Å². The molecule has 0 aliphatic heterocycles. The highest BCUT2D eigenvalue weighted by Gasteiger charge is 2.13. The third kappa shape index (κ3) is 4.17. The number of primary amides is 1. The summed E-state index contributed by atoms with van der Waals surface area (Å²) in [6.07, 6.45) is 2.82. The number of rotatable bonds is 7. The van der Waals surface area contributed by atoms with Crippen molar-refractivity contribution in [2.45, 2.75) is 33.1 Å². The number of carbonyl (C=O) groups is 2. The van der Waals surface area contributed by atoms with Crippen molar-refractivity contribution >= 4 is 22.6 Å². The Balaban J connectivity index is 1.92. The van der Waals surface area contributed by atoms with Gasteiger partial charge in [-0.15, -0.1) is 0 Å². The van der Waals surface area contributed by atoms with E-state index in [1.54, 1.807) is 43.5 Å². The zero-order chi connectivity index (χ0) is 20.3. The molecule has 1 aromatic heterocycles. The summed E-state index contributed by atoms with van der Waals surface area (Å²) in [4.78, 5) is 27.7. The molecule has 0 aliphatic carbocycles. The summed E-state index contributed by atoms with van der Waals surface area (Å²) in [5.41, 5.74) is 7.51. The summed E-state index contributed by atoms with van der Waals surface area (Å²) in [5, 5.41) is 0.601. The molecular formula is C22H21FN2O3. The molecule has 2 aromatic carbocycles. The lowest BCUT2D eigenvalue weighted by molar-refractivity contribution is -0.118. The van der Waals surface area contributed by atoms with Gasteiger partial charge in [-0.05, 0) is 48.7 Å². The van der Waals surface area contributed by atoms with E-state index in [1.807, 2.05) is 6.92 Å². The van der Waals surface area contributed by atoms with Gasteiger partial charge in [-0.3, -0.25) is 14.6 Å². The third-order valence-electron chi connectivity index (χ3n) is 4.48. The molecule has 3 aromatic rings. The molecule has 3 rings (SSSR count). The van der Waals surface area contributed by atoms with Crippen LogP contribution < -0.4 is 10.5 Å². The maximum atomic E-state index is 14.4. The van der Waals surface area contributed by atoms with Crippen molar-refractivity contribution < 1.29 is 18.7 Å². The SMILES string of the molecule is CCCC(=O)Cc1ccc(Oc2ccnc3cc(C)c(C(N)=O)cc23)cc1F. The second-order valence-electron chi connectivity index (χ2n) is 6.68. The molecule has 2 N–H and O–H groups in total. The number of amides is 1. The van der Waals surface area contributed by atoms with Crippen molar-refractivity contribution in [1.82, 2.24) is 4.98 Å². The molecular weight excluding hydrogens is 359 g/mol. The first-order valence-electron chi connectivity index (χ1n) is 9.06. The van der Waals surface area contributed by atoms with Gasteiger partial charge < -0.3 is 10.5 Å². The maximum Gasteiger partial charge on any atom is 0.248 e. The minimum atomic E-state index is -0.540. The highest BCUT2D eigenvalue weighted by Crippen LogP contribution is 2.31. The number of ketones is 1. The van der Waals surface area contributed by atoms with E-state index in [0.29, 0.717) is 34.2 Å². The number of pyridine rings is 1. The molecule has 0 atom stereocenters. The topological polar surface area (TPSA) is 82.3 Å². The van der Waals surface area contributed by atoms with Crippen LogP contribution in [0.5, 0.6) is 11.5 Å². The average molecular weight is 380 g/mol. The van der Waals surface area contributed by atoms with Gasteiger partial charge in [-0.25, -0.2) is 4.39 Å². The first-order valence-corrected chi connectivity index (χ1v) is 9.06. The summed E-state index contributed by atoms with van der Waals surface area (Å²) >= 11 is 0. The van der Waals surface area contributed by atoms with E-state index in [9.17, 15) is 14.0 Å². The molecule has 144 valence electrons. The summed E-state index contributed by atoms with van der Waals surface area (Å²) < 4.78 is 20.2. The molecule has 0 unspecified atom stereocenters. The van der Waals surface area contributed by atoms with Crippen molar-refractivity contribution in [1.29, 1.82) is 0 Å². The summed E-state index contributed by atoms with van der Waals surface area (Å²) in [5.74, 6) is -0.306. The van der Waals surface area contributed by atoms with Crippen LogP contribution in [-0.2, 0) is 11.2 Å². The number of fused-ring (bicyclic) bond motifs is 1. The number of Topliss-reactive ketones (excluding diaryl/α,β-unsaturated/α-hetero) is 1. The Labute approximate surface area is 162 Å². The fourth-order valence-corrected chi connectivity index (χ4v) is 3.07. The van der Waals surface area contributed by atoms with Gasteiger partial charge in [0.25, 0.3) is 0 Å². The Morgan fingerprint density at radius 3 is 2.64 bits per heavy atom. The second kappa shape index (κ2) is 8.17. The first-order chi connectivity index (χ1) is 13.4. The highest BCUT2D eigenvalue weighted by molar-refractivity contribution is 5.99. The van der Waals surface area contributed by atoms with E-state index in [4.69, 9.17) is 10.5 Å². The number of nitrogens with zero attached hydrogens (tertiary/aromatic N) is 1. The molecule has 0 bridgehead atoms. The summed E-state index contributed by atoms with van der Waals surface area (Å²) in [6.45, 7) is 3.69. The van der Waals surface area contributed by atoms with Crippen LogP contribution in [-0.4, -0.2) is 16.7 Å². The lowest BCUT2D eigenvalue weighted by Crippen LogP contribution is -2.12. The Kier molecular flexibility index (Phi) is 5.68. The molecule has 1 amide bonds. The lowest BCUT2D eigenvalue weighted by Gasteiger charge is -2.12. The Morgan fingerprint density at radius 1 is 1.18 bits per heavy atom. The van der Waals surface area contributed by atoms with E-state index in [0.717, 1.165) is 12.0 Å². The number of nitrogens with two attached hydrogens (primary N) is 1. The molecule has 1 heterocycles. The fraction of sp³-hybridized carbons (Fsp3) is 0.227. The number of benzene rings is 2. The van der Waals surface area contributed by atoms with Crippen molar-refractivity contribution in [3.63, 3.8) is 0 Å². The number of hydrogen-bond acceptors (Lipinski definition) is 4. The van der Waals surface area contributed by atoms with E-state index < -0.39 is 11.7 Å². The molecule has 0 saturated carbocycles. The molecule has 28 heavy (non-hydrogen) atoms. The van der Waals surface area contributed by atoms with Crippen molar-refractivity contribution in [3.8, 4) is 11.5 Å². The maximum absolute atomic E-state index is 14.4. The van der Waals surface area contributed by atoms with Crippen molar-refractivity contribution in [2.24, 2.45) is 5.73 Å². The first kappa shape index (κ1) is 19.5. The van der Waals surface area contributed by atoms with Crippen LogP contribution in [0.1, 0.15) is 41.3 Å². The minimum Gasteiger partial charge on any atom is -0.456 e.